The Hall–Kier alpha value is -1.36. The number of nitrogens with zero attached hydrogens (tertiary/aromatic N) is 2. The van der Waals surface area contributed by atoms with Gasteiger partial charge in [-0.3, -0.25) is 9.48 Å². The minimum atomic E-state index is -1.02. The van der Waals surface area contributed by atoms with Gasteiger partial charge in [0.25, 0.3) is 0 Å². The highest BCUT2D eigenvalue weighted by molar-refractivity contribution is 5.75. The van der Waals surface area contributed by atoms with E-state index in [2.05, 4.69) is 5.10 Å². The topological polar surface area (TPSA) is 81.1 Å². The first-order chi connectivity index (χ1) is 6.56. The molecule has 1 atom stereocenters. The van der Waals surface area contributed by atoms with Gasteiger partial charge in [0.1, 0.15) is 6.04 Å². The van der Waals surface area contributed by atoms with Gasteiger partial charge >= 0.3 is 5.97 Å². The van der Waals surface area contributed by atoms with E-state index in [4.69, 9.17) is 10.8 Å². The molecule has 0 spiro atoms. The number of carbonyl (C=O) groups is 1. The van der Waals surface area contributed by atoms with Gasteiger partial charge < -0.3 is 10.8 Å². The van der Waals surface area contributed by atoms with E-state index in [0.29, 0.717) is 11.3 Å². The van der Waals surface area contributed by atoms with Crippen LogP contribution in [0.4, 0.5) is 0 Å². The van der Waals surface area contributed by atoms with Crippen molar-refractivity contribution >= 4 is 5.97 Å². The van der Waals surface area contributed by atoms with Gasteiger partial charge in [0.05, 0.1) is 5.69 Å². The Bertz CT molecular complexity index is 333. The number of hydrogen-bond acceptors (Lipinski definition) is 3. The molecule has 78 valence electrons. The van der Waals surface area contributed by atoms with E-state index in [1.165, 1.54) is 0 Å². The van der Waals surface area contributed by atoms with Crippen molar-refractivity contribution in [3.63, 3.8) is 0 Å². The molecule has 3 N–H and O–H groups in total. The summed E-state index contributed by atoms with van der Waals surface area (Å²) in [6.07, 6.45) is 2.67. The molecule has 1 aromatic rings. The molecule has 0 saturated carbocycles. The minimum Gasteiger partial charge on any atom is -0.480 e. The number of aliphatic carboxylic acids is 1. The second-order valence-electron chi connectivity index (χ2n) is 3.25. The second-order valence-corrected chi connectivity index (χ2v) is 3.25. The minimum absolute atomic E-state index is 0.589. The van der Waals surface area contributed by atoms with E-state index >= 15 is 0 Å². The van der Waals surface area contributed by atoms with Crippen molar-refractivity contribution < 1.29 is 9.90 Å². The van der Waals surface area contributed by atoms with Gasteiger partial charge in [-0.05, 0) is 13.3 Å². The van der Waals surface area contributed by atoms with Crippen LogP contribution in [0.3, 0.4) is 0 Å². The normalized spacial score (nSPS) is 12.8. The quantitative estimate of drug-likeness (QED) is 0.744. The van der Waals surface area contributed by atoms with E-state index in [1.54, 1.807) is 17.8 Å². The Labute approximate surface area is 82.5 Å². The third kappa shape index (κ3) is 2.11. The molecule has 1 aromatic heterocycles. The molecule has 0 fully saturated rings. The third-order valence-electron chi connectivity index (χ3n) is 2.04. The lowest BCUT2D eigenvalue weighted by atomic mass is 10.1. The maximum Gasteiger partial charge on any atom is 0.325 e. The van der Waals surface area contributed by atoms with Crippen LogP contribution >= 0.6 is 0 Å². The van der Waals surface area contributed by atoms with Gasteiger partial charge in [0.15, 0.2) is 0 Å². The van der Waals surface area contributed by atoms with Crippen LogP contribution in [0.1, 0.15) is 30.6 Å². The van der Waals surface area contributed by atoms with E-state index in [0.717, 1.165) is 13.0 Å². The molecule has 0 amide bonds. The molecular formula is C9H15N3O2. The molecule has 5 nitrogen and oxygen atoms in total. The van der Waals surface area contributed by atoms with Crippen molar-refractivity contribution in [1.82, 2.24) is 9.78 Å². The highest BCUT2D eigenvalue weighted by Crippen LogP contribution is 2.14. The molecular weight excluding hydrogens is 182 g/mol. The molecule has 0 radical (unpaired) electrons. The summed E-state index contributed by atoms with van der Waals surface area (Å²) in [6.45, 7) is 4.59. The second kappa shape index (κ2) is 4.23. The first-order valence-electron chi connectivity index (χ1n) is 4.58. The summed E-state index contributed by atoms with van der Waals surface area (Å²) in [5, 5.41) is 12.9. The number of rotatable bonds is 4. The zero-order valence-corrected chi connectivity index (χ0v) is 8.40. The number of hydrogen-bond donors (Lipinski definition) is 2. The predicted octanol–water partition coefficient (Wildman–Crippen LogP) is 0.686. The number of carboxylic acids is 1. The highest BCUT2D eigenvalue weighted by atomic mass is 16.4. The molecule has 0 aliphatic carbocycles. The molecule has 14 heavy (non-hydrogen) atoms. The van der Waals surface area contributed by atoms with Crippen LogP contribution < -0.4 is 5.73 Å². The summed E-state index contributed by atoms with van der Waals surface area (Å²) < 4.78 is 1.73. The summed E-state index contributed by atoms with van der Waals surface area (Å²) >= 11 is 0. The lowest BCUT2D eigenvalue weighted by Crippen LogP contribution is -2.20. The van der Waals surface area contributed by atoms with Gasteiger partial charge in [-0.25, -0.2) is 0 Å². The maximum atomic E-state index is 10.7. The van der Waals surface area contributed by atoms with Crippen molar-refractivity contribution in [2.24, 2.45) is 5.73 Å². The van der Waals surface area contributed by atoms with E-state index in [9.17, 15) is 4.79 Å². The van der Waals surface area contributed by atoms with Crippen molar-refractivity contribution in [2.45, 2.75) is 32.9 Å². The fraction of sp³-hybridized carbons (Fsp3) is 0.556. The van der Waals surface area contributed by atoms with E-state index in [-0.39, 0.29) is 0 Å². The van der Waals surface area contributed by atoms with Crippen LogP contribution in [0.2, 0.25) is 0 Å². The van der Waals surface area contributed by atoms with Crippen LogP contribution in [0, 0.1) is 6.92 Å². The Kier molecular flexibility index (Phi) is 3.24. The molecule has 0 aliphatic rings. The Balaban J connectivity index is 2.92. The Morgan fingerprint density at radius 1 is 1.79 bits per heavy atom. The lowest BCUT2D eigenvalue weighted by Gasteiger charge is -2.02. The monoisotopic (exact) mass is 197 g/mol. The Morgan fingerprint density at radius 2 is 2.43 bits per heavy atom. The molecule has 0 saturated heterocycles. The van der Waals surface area contributed by atoms with Gasteiger partial charge in [0, 0.05) is 18.3 Å². The van der Waals surface area contributed by atoms with Gasteiger partial charge in [-0.2, -0.15) is 5.10 Å². The van der Waals surface area contributed by atoms with Crippen LogP contribution in [-0.4, -0.2) is 20.9 Å². The summed E-state index contributed by atoms with van der Waals surface area (Å²) in [5.41, 5.74) is 6.77. The zero-order valence-electron chi connectivity index (χ0n) is 8.40. The predicted molar refractivity (Wildman–Crippen MR) is 51.8 cm³/mol. The standard InChI is InChI=1S/C9H15N3O2/c1-3-4-12-5-7(6(2)11-12)8(10)9(13)14/h5,8H,3-4,10H2,1-2H3,(H,13,14). The van der Waals surface area contributed by atoms with Crippen LogP contribution in [0.5, 0.6) is 0 Å². The molecule has 1 unspecified atom stereocenters. The van der Waals surface area contributed by atoms with Crippen molar-refractivity contribution in [3.05, 3.63) is 17.5 Å². The van der Waals surface area contributed by atoms with Gasteiger partial charge in [-0.15, -0.1) is 0 Å². The summed E-state index contributed by atoms with van der Waals surface area (Å²) in [6, 6.07) is -0.972. The largest absolute Gasteiger partial charge is 0.480 e. The molecule has 1 heterocycles. The van der Waals surface area contributed by atoms with Crippen molar-refractivity contribution in [1.29, 1.82) is 0 Å². The SMILES string of the molecule is CCCn1cc(C(N)C(=O)O)c(C)n1. The van der Waals surface area contributed by atoms with Crippen molar-refractivity contribution in [2.75, 3.05) is 0 Å². The van der Waals surface area contributed by atoms with Crippen LogP contribution in [-0.2, 0) is 11.3 Å². The Morgan fingerprint density at radius 3 is 2.93 bits per heavy atom. The molecule has 5 heteroatoms. The van der Waals surface area contributed by atoms with E-state index < -0.39 is 12.0 Å². The number of carboxylic acid groups (broad SMARTS) is 1. The number of nitrogens with two attached hydrogens (primary N) is 1. The first kappa shape index (κ1) is 10.7. The van der Waals surface area contributed by atoms with Crippen LogP contribution in [0.25, 0.3) is 0 Å². The first-order valence-corrected chi connectivity index (χ1v) is 4.58. The lowest BCUT2D eigenvalue weighted by molar-refractivity contribution is -0.138. The van der Waals surface area contributed by atoms with Crippen molar-refractivity contribution in [3.8, 4) is 0 Å². The van der Waals surface area contributed by atoms with Gasteiger partial charge in [-0.1, -0.05) is 6.92 Å². The average Bonchev–Trinajstić information content (AvgIpc) is 2.46. The summed E-state index contributed by atoms with van der Waals surface area (Å²) in [4.78, 5) is 10.7. The molecule has 1 rings (SSSR count). The smallest absolute Gasteiger partial charge is 0.325 e. The van der Waals surface area contributed by atoms with Gasteiger partial charge in [0.2, 0.25) is 0 Å². The third-order valence-corrected chi connectivity index (χ3v) is 2.04. The zero-order chi connectivity index (χ0) is 10.7. The fourth-order valence-corrected chi connectivity index (χ4v) is 1.32. The van der Waals surface area contributed by atoms with Crippen LogP contribution in [0.15, 0.2) is 6.20 Å². The number of aromatic nitrogens is 2. The van der Waals surface area contributed by atoms with E-state index in [1.807, 2.05) is 6.92 Å². The summed E-state index contributed by atoms with van der Waals surface area (Å²) in [7, 11) is 0. The fourth-order valence-electron chi connectivity index (χ4n) is 1.32. The molecule has 0 aliphatic heterocycles. The summed E-state index contributed by atoms with van der Waals surface area (Å²) in [5.74, 6) is -1.02. The highest BCUT2D eigenvalue weighted by Gasteiger charge is 2.18. The molecule has 0 aromatic carbocycles. The molecule has 0 bridgehead atoms. The maximum absolute atomic E-state index is 10.7. The number of aryl methyl sites for hydroxylation is 2. The average molecular weight is 197 g/mol.